The van der Waals surface area contributed by atoms with Gasteiger partial charge in [0.15, 0.2) is 0 Å². The number of likely N-dealkylation sites (N-methyl/N-ethyl adjacent to an activating group) is 1. The van der Waals surface area contributed by atoms with E-state index in [0.29, 0.717) is 12.5 Å². The van der Waals surface area contributed by atoms with Gasteiger partial charge >= 0.3 is 0 Å². The van der Waals surface area contributed by atoms with Gasteiger partial charge in [0.05, 0.1) is 17.5 Å². The smallest absolute Gasteiger partial charge is 0.257 e. The van der Waals surface area contributed by atoms with Crippen molar-refractivity contribution in [2.24, 2.45) is 5.92 Å². The van der Waals surface area contributed by atoms with E-state index >= 15 is 0 Å². The maximum atomic E-state index is 13.1. The highest BCUT2D eigenvalue weighted by Crippen LogP contribution is 2.24. The Kier molecular flexibility index (Phi) is 5.90. The Balaban J connectivity index is 1.40. The number of aryl methyl sites for hydroxylation is 2. The molecule has 1 aromatic heterocycles. The number of carbonyl (C=O) groups excluding carboxylic acids is 2. The van der Waals surface area contributed by atoms with Gasteiger partial charge in [-0.05, 0) is 56.8 Å². The largest absolute Gasteiger partial charge is 0.352 e. The Bertz CT molecular complexity index is 943. The highest BCUT2D eigenvalue weighted by Gasteiger charge is 2.29. The van der Waals surface area contributed by atoms with Crippen LogP contribution < -0.4 is 5.32 Å². The van der Waals surface area contributed by atoms with Crippen molar-refractivity contribution in [3.8, 4) is 0 Å². The van der Waals surface area contributed by atoms with Crippen LogP contribution in [0.15, 0.2) is 24.4 Å². The second-order valence-corrected chi connectivity index (χ2v) is 8.64. The van der Waals surface area contributed by atoms with Crippen LogP contribution in [0, 0.1) is 19.8 Å². The fourth-order valence-electron chi connectivity index (χ4n) is 4.36. The molecular formula is C23H31N5O2. The molecule has 1 fully saturated rings. The SMILES string of the molecule is Cc1cccc(C(=O)NC[C@H]2CCn3ncc(C(=O)N4CCN(C)CC4)c3C2)c1C. The zero-order valence-electron chi connectivity index (χ0n) is 18.1. The molecule has 4 rings (SSSR count). The zero-order valence-corrected chi connectivity index (χ0v) is 18.1. The molecule has 0 radical (unpaired) electrons. The minimum Gasteiger partial charge on any atom is -0.352 e. The van der Waals surface area contributed by atoms with Crippen molar-refractivity contribution in [3.63, 3.8) is 0 Å². The van der Waals surface area contributed by atoms with Crippen molar-refractivity contribution >= 4 is 11.8 Å². The first-order chi connectivity index (χ1) is 14.4. The lowest BCUT2D eigenvalue weighted by molar-refractivity contribution is 0.0661. The number of amides is 2. The van der Waals surface area contributed by atoms with Crippen LogP contribution in [0.3, 0.4) is 0 Å². The normalized spacial score (nSPS) is 19.4. The van der Waals surface area contributed by atoms with Gasteiger partial charge in [-0.25, -0.2) is 0 Å². The lowest BCUT2D eigenvalue weighted by atomic mass is 9.93. The highest BCUT2D eigenvalue weighted by atomic mass is 16.2. The number of aromatic nitrogens is 2. The molecule has 2 aliphatic rings. The summed E-state index contributed by atoms with van der Waals surface area (Å²) in [5, 5.41) is 7.56. The number of nitrogens with zero attached hydrogens (tertiary/aromatic N) is 4. The second kappa shape index (κ2) is 8.60. The molecular weight excluding hydrogens is 378 g/mol. The summed E-state index contributed by atoms with van der Waals surface area (Å²) >= 11 is 0. The van der Waals surface area contributed by atoms with Gasteiger partial charge in [-0.1, -0.05) is 12.1 Å². The highest BCUT2D eigenvalue weighted by molar-refractivity contribution is 5.96. The van der Waals surface area contributed by atoms with E-state index in [0.717, 1.165) is 73.5 Å². The molecule has 2 amide bonds. The molecule has 3 heterocycles. The van der Waals surface area contributed by atoms with Gasteiger partial charge in [-0.2, -0.15) is 5.10 Å². The van der Waals surface area contributed by atoms with Crippen molar-refractivity contribution in [1.29, 1.82) is 0 Å². The third-order valence-corrected chi connectivity index (χ3v) is 6.60. The molecule has 0 unspecified atom stereocenters. The molecule has 0 bridgehead atoms. The van der Waals surface area contributed by atoms with E-state index in [1.807, 2.05) is 41.6 Å². The molecule has 2 aromatic rings. The van der Waals surface area contributed by atoms with E-state index in [1.54, 1.807) is 6.20 Å². The first-order valence-corrected chi connectivity index (χ1v) is 10.8. The lowest BCUT2D eigenvalue weighted by Gasteiger charge is -2.32. The molecule has 7 nitrogen and oxygen atoms in total. The molecule has 160 valence electrons. The standard InChI is InChI=1S/C23H31N5O2/c1-16-5-4-6-19(17(16)2)22(29)24-14-18-7-8-28-21(13-18)20(15-25-28)23(30)27-11-9-26(3)10-12-27/h4-6,15,18H,7-14H2,1-3H3,(H,24,29)/t18-/m0/s1. The van der Waals surface area contributed by atoms with Gasteiger partial charge in [0.1, 0.15) is 0 Å². The Labute approximate surface area is 178 Å². The molecule has 0 saturated carbocycles. The molecule has 7 heteroatoms. The summed E-state index contributed by atoms with van der Waals surface area (Å²) in [7, 11) is 2.08. The van der Waals surface area contributed by atoms with E-state index in [9.17, 15) is 9.59 Å². The minimum atomic E-state index is -0.0241. The van der Waals surface area contributed by atoms with Crippen LogP contribution >= 0.6 is 0 Å². The summed E-state index contributed by atoms with van der Waals surface area (Å²) in [6.07, 6.45) is 3.44. The van der Waals surface area contributed by atoms with E-state index in [-0.39, 0.29) is 11.8 Å². The van der Waals surface area contributed by atoms with Gasteiger partial charge < -0.3 is 15.1 Å². The van der Waals surface area contributed by atoms with Gasteiger partial charge in [-0.3, -0.25) is 14.3 Å². The molecule has 1 saturated heterocycles. The molecule has 2 aliphatic heterocycles. The average Bonchev–Trinajstić information content (AvgIpc) is 3.17. The monoisotopic (exact) mass is 409 g/mol. The molecule has 1 aromatic carbocycles. The first-order valence-electron chi connectivity index (χ1n) is 10.8. The molecule has 0 spiro atoms. The van der Waals surface area contributed by atoms with Crippen molar-refractivity contribution < 1.29 is 9.59 Å². The van der Waals surface area contributed by atoms with Crippen molar-refractivity contribution in [3.05, 3.63) is 52.3 Å². The van der Waals surface area contributed by atoms with E-state index < -0.39 is 0 Å². The van der Waals surface area contributed by atoms with E-state index in [4.69, 9.17) is 0 Å². The van der Waals surface area contributed by atoms with Crippen LogP contribution in [0.2, 0.25) is 0 Å². The summed E-state index contributed by atoms with van der Waals surface area (Å²) in [5.41, 5.74) is 4.62. The van der Waals surface area contributed by atoms with Crippen molar-refractivity contribution in [2.75, 3.05) is 39.8 Å². The van der Waals surface area contributed by atoms with Crippen LogP contribution in [0.25, 0.3) is 0 Å². The molecule has 30 heavy (non-hydrogen) atoms. The van der Waals surface area contributed by atoms with Gasteiger partial charge in [0.2, 0.25) is 0 Å². The Morgan fingerprint density at radius 3 is 2.63 bits per heavy atom. The van der Waals surface area contributed by atoms with Crippen LogP contribution in [-0.4, -0.2) is 71.2 Å². The Morgan fingerprint density at radius 1 is 1.10 bits per heavy atom. The topological polar surface area (TPSA) is 70.5 Å². The predicted molar refractivity (Wildman–Crippen MR) is 116 cm³/mol. The summed E-state index contributed by atoms with van der Waals surface area (Å²) in [4.78, 5) is 29.9. The number of hydrogen-bond donors (Lipinski definition) is 1. The van der Waals surface area contributed by atoms with Gasteiger partial charge in [0.25, 0.3) is 11.8 Å². The zero-order chi connectivity index (χ0) is 21.3. The maximum absolute atomic E-state index is 13.1. The summed E-state index contributed by atoms with van der Waals surface area (Å²) < 4.78 is 1.96. The van der Waals surface area contributed by atoms with Gasteiger partial charge in [0, 0.05) is 44.8 Å². The fourth-order valence-corrected chi connectivity index (χ4v) is 4.36. The Hall–Kier alpha value is -2.67. The number of benzene rings is 1. The maximum Gasteiger partial charge on any atom is 0.257 e. The lowest BCUT2D eigenvalue weighted by Crippen LogP contribution is -2.47. The second-order valence-electron chi connectivity index (χ2n) is 8.64. The third kappa shape index (κ3) is 4.12. The molecule has 1 N–H and O–H groups in total. The van der Waals surface area contributed by atoms with Crippen molar-refractivity contribution in [2.45, 2.75) is 33.2 Å². The quantitative estimate of drug-likeness (QED) is 0.837. The van der Waals surface area contributed by atoms with Crippen LogP contribution in [0.5, 0.6) is 0 Å². The van der Waals surface area contributed by atoms with Crippen LogP contribution in [0.4, 0.5) is 0 Å². The third-order valence-electron chi connectivity index (χ3n) is 6.60. The number of piperazine rings is 1. The molecule has 0 aliphatic carbocycles. The first kappa shape index (κ1) is 20.6. The minimum absolute atomic E-state index is 0.0241. The number of carbonyl (C=O) groups is 2. The van der Waals surface area contributed by atoms with Gasteiger partial charge in [-0.15, -0.1) is 0 Å². The number of nitrogens with one attached hydrogen (secondary N) is 1. The number of fused-ring (bicyclic) bond motifs is 1. The molecule has 1 atom stereocenters. The number of rotatable bonds is 4. The van der Waals surface area contributed by atoms with Crippen LogP contribution in [-0.2, 0) is 13.0 Å². The summed E-state index contributed by atoms with van der Waals surface area (Å²) in [6.45, 7) is 8.73. The average molecular weight is 410 g/mol. The predicted octanol–water partition coefficient (Wildman–Crippen LogP) is 1.88. The van der Waals surface area contributed by atoms with Crippen molar-refractivity contribution in [1.82, 2.24) is 24.9 Å². The fraction of sp³-hybridized carbons (Fsp3) is 0.522. The van der Waals surface area contributed by atoms with E-state index in [1.165, 1.54) is 0 Å². The Morgan fingerprint density at radius 2 is 1.87 bits per heavy atom. The summed E-state index contributed by atoms with van der Waals surface area (Å²) in [6, 6.07) is 5.82. The number of hydrogen-bond acceptors (Lipinski definition) is 4. The summed E-state index contributed by atoms with van der Waals surface area (Å²) in [5.74, 6) is 0.371. The van der Waals surface area contributed by atoms with Crippen LogP contribution in [0.1, 0.15) is 44.0 Å². The van der Waals surface area contributed by atoms with E-state index in [2.05, 4.69) is 22.4 Å².